The van der Waals surface area contributed by atoms with Gasteiger partial charge in [0.1, 0.15) is 11.0 Å². The number of carbonyl (C=O) groups is 2. The van der Waals surface area contributed by atoms with Crippen LogP contribution in [0.2, 0.25) is 0 Å². The molecule has 0 fully saturated rings. The number of nitrogens with zero attached hydrogens (tertiary/aromatic N) is 1. The van der Waals surface area contributed by atoms with E-state index in [2.05, 4.69) is 10.5 Å². The zero-order valence-corrected chi connectivity index (χ0v) is 14.5. The van der Waals surface area contributed by atoms with Crippen LogP contribution in [0, 0.1) is 0 Å². The molecule has 1 aliphatic heterocycles. The number of nitrogens with one attached hydrogen (secondary N) is 1. The van der Waals surface area contributed by atoms with Gasteiger partial charge in [-0.05, 0) is 6.08 Å². The second-order valence-corrected chi connectivity index (χ2v) is 7.68. The molecule has 7 heteroatoms. The van der Waals surface area contributed by atoms with Gasteiger partial charge in [0.25, 0.3) is 0 Å². The van der Waals surface area contributed by atoms with E-state index in [1.165, 1.54) is 0 Å². The summed E-state index contributed by atoms with van der Waals surface area (Å²) in [7, 11) is -3.88. The molecule has 1 atom stereocenters. The van der Waals surface area contributed by atoms with Crippen molar-refractivity contribution < 1.29 is 18.0 Å². The summed E-state index contributed by atoms with van der Waals surface area (Å²) in [5, 5.41) is 3.59. The lowest BCUT2D eigenvalue weighted by Crippen LogP contribution is -2.35. The van der Waals surface area contributed by atoms with E-state index < -0.39 is 26.7 Å². The molecule has 0 aliphatic carbocycles. The number of benzene rings is 2. The van der Waals surface area contributed by atoms with E-state index in [1.54, 1.807) is 60.7 Å². The first-order valence-electron chi connectivity index (χ1n) is 7.90. The molecule has 0 saturated heterocycles. The van der Waals surface area contributed by atoms with Crippen molar-refractivity contribution >= 4 is 27.1 Å². The highest BCUT2D eigenvalue weighted by Gasteiger charge is 2.36. The molecule has 0 saturated carbocycles. The number of hydrogen-bond acceptors (Lipinski definition) is 6. The minimum Gasteiger partial charge on any atom is -0.308 e. The van der Waals surface area contributed by atoms with Crippen LogP contribution >= 0.6 is 0 Å². The van der Waals surface area contributed by atoms with Crippen LogP contribution in [0.5, 0.6) is 0 Å². The van der Waals surface area contributed by atoms with Gasteiger partial charge >= 0.3 is 0 Å². The maximum absolute atomic E-state index is 12.6. The summed E-state index contributed by atoms with van der Waals surface area (Å²) in [5.74, 6) is -0.875. The Morgan fingerprint density at radius 3 is 2.15 bits per heavy atom. The Morgan fingerprint density at radius 1 is 0.962 bits per heavy atom. The summed E-state index contributed by atoms with van der Waals surface area (Å²) in [6.07, 6.45) is 1.01. The van der Waals surface area contributed by atoms with Crippen molar-refractivity contribution in [3.05, 3.63) is 83.3 Å². The predicted molar refractivity (Wildman–Crippen MR) is 98.8 cm³/mol. The zero-order valence-electron chi connectivity index (χ0n) is 13.7. The van der Waals surface area contributed by atoms with E-state index in [0.717, 1.165) is 11.5 Å². The van der Waals surface area contributed by atoms with Crippen LogP contribution in [-0.2, 0) is 9.84 Å². The second-order valence-electron chi connectivity index (χ2n) is 5.67. The molecule has 1 unspecified atom stereocenters. The quantitative estimate of drug-likeness (QED) is 0.622. The molecule has 3 rings (SSSR count). The van der Waals surface area contributed by atoms with Crippen molar-refractivity contribution in [3.8, 4) is 0 Å². The van der Waals surface area contributed by atoms with Gasteiger partial charge in [-0.15, -0.1) is 0 Å². The number of allylic oxidation sites excluding steroid dienone is 1. The van der Waals surface area contributed by atoms with Gasteiger partial charge in [0.15, 0.2) is 15.6 Å². The third-order valence-electron chi connectivity index (χ3n) is 3.91. The molecule has 1 N–H and O–H groups in total. The Morgan fingerprint density at radius 2 is 1.54 bits per heavy atom. The van der Waals surface area contributed by atoms with Crippen molar-refractivity contribution in [2.24, 2.45) is 5.10 Å². The summed E-state index contributed by atoms with van der Waals surface area (Å²) in [5.41, 5.74) is 3.24. The van der Waals surface area contributed by atoms with Gasteiger partial charge < -0.3 is 5.43 Å². The molecule has 26 heavy (non-hydrogen) atoms. The van der Waals surface area contributed by atoms with Gasteiger partial charge in [-0.25, -0.2) is 8.42 Å². The normalized spacial score (nSPS) is 16.9. The lowest BCUT2D eigenvalue weighted by molar-refractivity contribution is 0.104. The second kappa shape index (κ2) is 7.45. The van der Waals surface area contributed by atoms with Gasteiger partial charge in [-0.2, -0.15) is 5.10 Å². The van der Waals surface area contributed by atoms with E-state index in [0.29, 0.717) is 11.1 Å². The highest BCUT2D eigenvalue weighted by atomic mass is 32.2. The van der Waals surface area contributed by atoms with Crippen molar-refractivity contribution in [3.63, 3.8) is 0 Å². The molecule has 0 spiro atoms. The maximum atomic E-state index is 12.6. The number of Topliss-reactive ketones (excluding diaryl/α,β-unsaturated/α-hetero) is 1. The number of ketones is 2. The number of carbonyl (C=O) groups excluding carboxylic acids is 2. The lowest BCUT2D eigenvalue weighted by atomic mass is 10.1. The van der Waals surface area contributed by atoms with Gasteiger partial charge in [0.2, 0.25) is 5.78 Å². The largest absolute Gasteiger partial charge is 0.308 e. The highest BCUT2D eigenvalue weighted by Crippen LogP contribution is 2.15. The molecule has 1 heterocycles. The molecule has 6 nitrogen and oxygen atoms in total. The molecule has 0 radical (unpaired) electrons. The van der Waals surface area contributed by atoms with Crippen LogP contribution < -0.4 is 5.43 Å². The van der Waals surface area contributed by atoms with Crippen molar-refractivity contribution in [2.75, 3.05) is 6.54 Å². The minimum absolute atomic E-state index is 0.0138. The molecule has 0 aromatic heterocycles. The Labute approximate surface area is 151 Å². The van der Waals surface area contributed by atoms with E-state index >= 15 is 0 Å². The molecule has 2 aromatic carbocycles. The smallest absolute Gasteiger partial charge is 0.210 e. The van der Waals surface area contributed by atoms with E-state index in [4.69, 9.17) is 0 Å². The van der Waals surface area contributed by atoms with Gasteiger partial charge in [0, 0.05) is 16.5 Å². The van der Waals surface area contributed by atoms with Gasteiger partial charge in [-0.1, -0.05) is 60.7 Å². The molecular formula is C19H16N2O4S. The Hall–Kier alpha value is -3.06. The standard InChI is InChI=1S/C19H16N2O4S/c22-16(14-7-3-1-4-8-14)11-12-26(24,25)17-13-20-21-18(17)19(23)15-9-5-2-6-10-15/h1-12,17,20H,13H2/b12-11+. The third kappa shape index (κ3) is 3.78. The average molecular weight is 368 g/mol. The van der Waals surface area contributed by atoms with Crippen LogP contribution in [0.15, 0.2) is 77.2 Å². The Bertz CT molecular complexity index is 981. The predicted octanol–water partition coefficient (Wildman–Crippen LogP) is 2.01. The number of sulfone groups is 1. The molecule has 0 amide bonds. The lowest BCUT2D eigenvalue weighted by Gasteiger charge is -2.09. The van der Waals surface area contributed by atoms with Crippen LogP contribution in [0.1, 0.15) is 20.7 Å². The van der Waals surface area contributed by atoms with Crippen molar-refractivity contribution in [1.82, 2.24) is 5.43 Å². The van der Waals surface area contributed by atoms with Gasteiger partial charge in [0.05, 0.1) is 6.54 Å². The van der Waals surface area contributed by atoms with E-state index in [9.17, 15) is 18.0 Å². The fourth-order valence-corrected chi connectivity index (χ4v) is 3.82. The van der Waals surface area contributed by atoms with Crippen molar-refractivity contribution in [1.29, 1.82) is 0 Å². The Balaban J connectivity index is 1.81. The first-order chi connectivity index (χ1) is 12.5. The van der Waals surface area contributed by atoms with Gasteiger partial charge in [-0.3, -0.25) is 9.59 Å². The van der Waals surface area contributed by atoms with E-state index in [-0.39, 0.29) is 12.3 Å². The summed E-state index contributed by atoms with van der Waals surface area (Å²) in [4.78, 5) is 24.6. The van der Waals surface area contributed by atoms with Crippen molar-refractivity contribution in [2.45, 2.75) is 5.25 Å². The van der Waals surface area contributed by atoms with Crippen LogP contribution in [0.25, 0.3) is 0 Å². The molecule has 0 bridgehead atoms. The topological polar surface area (TPSA) is 92.7 Å². The monoisotopic (exact) mass is 368 g/mol. The van der Waals surface area contributed by atoms with Crippen LogP contribution in [-0.4, -0.2) is 37.5 Å². The van der Waals surface area contributed by atoms with Crippen LogP contribution in [0.4, 0.5) is 0 Å². The SMILES string of the molecule is O=C(/C=C/S(=O)(=O)C1CNN=C1C(=O)c1ccccc1)c1ccccc1. The highest BCUT2D eigenvalue weighted by molar-refractivity contribution is 7.95. The number of hydrogen-bond donors (Lipinski definition) is 1. The Kier molecular flexibility index (Phi) is 5.09. The number of rotatable bonds is 6. The summed E-state index contributed by atoms with van der Waals surface area (Å²) < 4.78 is 25.2. The molecular weight excluding hydrogens is 352 g/mol. The molecule has 132 valence electrons. The first-order valence-corrected chi connectivity index (χ1v) is 9.51. The molecule has 1 aliphatic rings. The molecule has 2 aromatic rings. The minimum atomic E-state index is -3.88. The summed E-state index contributed by atoms with van der Waals surface area (Å²) in [6.45, 7) is -0.0138. The first kappa shape index (κ1) is 17.8. The van der Waals surface area contributed by atoms with Crippen LogP contribution in [0.3, 0.4) is 0 Å². The average Bonchev–Trinajstić information content (AvgIpc) is 3.18. The fraction of sp³-hybridized carbons (Fsp3) is 0.105. The van der Waals surface area contributed by atoms with E-state index in [1.807, 2.05) is 0 Å². The summed E-state index contributed by atoms with van der Waals surface area (Å²) >= 11 is 0. The third-order valence-corrected chi connectivity index (χ3v) is 5.61. The summed E-state index contributed by atoms with van der Waals surface area (Å²) in [6, 6.07) is 16.7. The zero-order chi connectivity index (χ0) is 18.6. The fourth-order valence-electron chi connectivity index (χ4n) is 2.54. The number of hydrazone groups is 1. The maximum Gasteiger partial charge on any atom is 0.210 e.